The number of fused-ring (bicyclic) bond motifs is 4. The van der Waals surface area contributed by atoms with Crippen molar-refractivity contribution in [2.75, 3.05) is 54.4 Å². The molecule has 5 aliphatic rings. The number of rotatable bonds is 12. The zero-order valence-corrected chi connectivity index (χ0v) is 25.8. The molecule has 1 amide bonds. The lowest BCUT2D eigenvalue weighted by Gasteiger charge is -2.61. The summed E-state index contributed by atoms with van der Waals surface area (Å²) in [5.41, 5.74) is 0.214. The van der Waals surface area contributed by atoms with Gasteiger partial charge in [0.1, 0.15) is 6.17 Å². The van der Waals surface area contributed by atoms with Gasteiger partial charge in [0, 0.05) is 18.7 Å². The lowest BCUT2D eigenvalue weighted by molar-refractivity contribution is -0.220. The maximum absolute atomic E-state index is 16.0. The summed E-state index contributed by atoms with van der Waals surface area (Å²) in [6.07, 6.45) is 11.4. The van der Waals surface area contributed by atoms with Gasteiger partial charge in [-0.1, -0.05) is 19.3 Å². The summed E-state index contributed by atoms with van der Waals surface area (Å²) in [5, 5.41) is 6.53. The SMILES string of the molecule is CN(C)CCCCNC(=O)C1=CN2C3CCC4CCCCC4C3OC3C(NCCCCN(C)C)C(F)CC(C1=O)C32. The van der Waals surface area contributed by atoms with Crippen LogP contribution in [0.1, 0.15) is 70.6 Å². The van der Waals surface area contributed by atoms with E-state index in [1.165, 1.54) is 25.7 Å². The number of carbonyl (C=O) groups excluding carboxylic acids is 2. The van der Waals surface area contributed by atoms with Crippen molar-refractivity contribution in [1.82, 2.24) is 25.3 Å². The summed E-state index contributed by atoms with van der Waals surface area (Å²) in [4.78, 5) is 33.8. The molecule has 3 saturated carbocycles. The van der Waals surface area contributed by atoms with Crippen molar-refractivity contribution in [3.05, 3.63) is 11.8 Å². The van der Waals surface area contributed by atoms with Gasteiger partial charge in [0.05, 0.1) is 35.9 Å². The molecule has 232 valence electrons. The smallest absolute Gasteiger partial charge is 0.256 e. The number of morpholine rings is 1. The maximum Gasteiger partial charge on any atom is 0.256 e. The van der Waals surface area contributed by atoms with E-state index >= 15 is 4.39 Å². The Hall–Kier alpha value is -1.55. The molecule has 0 aromatic rings. The summed E-state index contributed by atoms with van der Waals surface area (Å²) in [5.74, 6) is 0.0807. The van der Waals surface area contributed by atoms with Crippen LogP contribution in [0.15, 0.2) is 11.8 Å². The second kappa shape index (κ2) is 13.8. The predicted molar refractivity (Wildman–Crippen MR) is 159 cm³/mol. The maximum atomic E-state index is 16.0. The van der Waals surface area contributed by atoms with Crippen LogP contribution in [0.3, 0.4) is 0 Å². The van der Waals surface area contributed by atoms with Gasteiger partial charge in [-0.3, -0.25) is 9.59 Å². The van der Waals surface area contributed by atoms with Crippen molar-refractivity contribution in [1.29, 1.82) is 0 Å². The van der Waals surface area contributed by atoms with Crippen molar-refractivity contribution < 1.29 is 18.7 Å². The fourth-order valence-corrected chi connectivity index (χ4v) is 8.44. The molecule has 2 aliphatic heterocycles. The minimum absolute atomic E-state index is 0.0269. The second-order valence-corrected chi connectivity index (χ2v) is 13.9. The number of ether oxygens (including phenoxy) is 1. The van der Waals surface area contributed by atoms with Crippen LogP contribution in [0.25, 0.3) is 0 Å². The Morgan fingerprint density at radius 2 is 1.68 bits per heavy atom. The van der Waals surface area contributed by atoms with Gasteiger partial charge in [0.15, 0.2) is 5.78 Å². The Morgan fingerprint density at radius 3 is 2.41 bits per heavy atom. The Kier molecular flexibility index (Phi) is 10.4. The highest BCUT2D eigenvalue weighted by molar-refractivity contribution is 6.20. The first-order valence-corrected chi connectivity index (χ1v) is 16.4. The number of nitrogens with zero attached hydrogens (tertiary/aromatic N) is 3. The van der Waals surface area contributed by atoms with Crippen molar-refractivity contribution in [2.45, 2.75) is 107 Å². The Bertz CT molecular complexity index is 944. The van der Waals surface area contributed by atoms with Crippen molar-refractivity contribution in [2.24, 2.45) is 17.8 Å². The highest BCUT2D eigenvalue weighted by atomic mass is 19.1. The molecule has 1 saturated heterocycles. The number of alkyl halides is 1. The molecule has 0 spiro atoms. The number of hydrogen-bond acceptors (Lipinski definition) is 7. The van der Waals surface area contributed by atoms with E-state index in [1.54, 1.807) is 0 Å². The molecule has 4 fully saturated rings. The van der Waals surface area contributed by atoms with Crippen LogP contribution < -0.4 is 10.6 Å². The molecule has 5 rings (SSSR count). The number of Topliss-reactive ketones (excluding diaryl/α,β-unsaturated/α-hetero) is 1. The number of carbonyl (C=O) groups is 2. The molecule has 41 heavy (non-hydrogen) atoms. The van der Waals surface area contributed by atoms with Crippen LogP contribution in [0, 0.1) is 17.8 Å². The summed E-state index contributed by atoms with van der Waals surface area (Å²) in [6.45, 7) is 3.25. The van der Waals surface area contributed by atoms with E-state index in [4.69, 9.17) is 4.74 Å². The molecule has 0 aromatic heterocycles. The van der Waals surface area contributed by atoms with Crippen LogP contribution in [0.2, 0.25) is 0 Å². The summed E-state index contributed by atoms with van der Waals surface area (Å²) >= 11 is 0. The van der Waals surface area contributed by atoms with Gasteiger partial charge >= 0.3 is 0 Å². The van der Waals surface area contributed by atoms with Crippen LogP contribution >= 0.6 is 0 Å². The first-order valence-electron chi connectivity index (χ1n) is 16.4. The lowest BCUT2D eigenvalue weighted by Crippen LogP contribution is -2.74. The fourth-order valence-electron chi connectivity index (χ4n) is 8.44. The molecule has 2 N–H and O–H groups in total. The normalized spacial score (nSPS) is 36.5. The zero-order chi connectivity index (χ0) is 29.1. The van der Waals surface area contributed by atoms with E-state index < -0.39 is 24.2 Å². The van der Waals surface area contributed by atoms with Gasteiger partial charge in [-0.15, -0.1) is 0 Å². The van der Waals surface area contributed by atoms with Crippen molar-refractivity contribution in [3.8, 4) is 0 Å². The van der Waals surface area contributed by atoms with Crippen LogP contribution in [-0.4, -0.2) is 117 Å². The number of halogens is 1. The number of amides is 1. The molecule has 9 heteroatoms. The summed E-state index contributed by atoms with van der Waals surface area (Å²) in [7, 11) is 8.22. The Balaban J connectivity index is 1.36. The zero-order valence-electron chi connectivity index (χ0n) is 25.8. The minimum Gasteiger partial charge on any atom is -0.369 e. The van der Waals surface area contributed by atoms with Gasteiger partial charge in [-0.05, 0) is 111 Å². The quantitative estimate of drug-likeness (QED) is 0.274. The van der Waals surface area contributed by atoms with E-state index in [9.17, 15) is 9.59 Å². The van der Waals surface area contributed by atoms with Gasteiger partial charge in [-0.25, -0.2) is 4.39 Å². The number of unbranched alkanes of at least 4 members (excludes halogenated alkanes) is 2. The first-order chi connectivity index (χ1) is 19.8. The minimum atomic E-state index is -1.18. The van der Waals surface area contributed by atoms with E-state index in [-0.39, 0.29) is 41.9 Å². The molecule has 0 radical (unpaired) electrons. The standard InChI is InChI=1S/C32H54FN5O3/c1-36(2)17-9-7-15-34-27-25(33)19-23-28-31(27)41-30-22-12-6-5-11-21(22)13-14-26(30)38(28)20-24(29(23)39)32(40)35-16-8-10-18-37(3)4/h20-23,25-28,30-31,34H,5-19H2,1-4H3,(H,35,40). The predicted octanol–water partition coefficient (Wildman–Crippen LogP) is 2.98. The molecule has 3 aliphatic carbocycles. The summed E-state index contributed by atoms with van der Waals surface area (Å²) in [6, 6.07) is -0.505. The molecule has 0 bridgehead atoms. The molecule has 8 nitrogen and oxygen atoms in total. The highest BCUT2D eigenvalue weighted by Crippen LogP contribution is 2.50. The average Bonchev–Trinajstić information content (AvgIpc) is 2.94. The van der Waals surface area contributed by atoms with Crippen molar-refractivity contribution in [3.63, 3.8) is 0 Å². The van der Waals surface area contributed by atoms with E-state index in [0.717, 1.165) is 58.2 Å². The number of nitrogens with one attached hydrogen (secondary N) is 2. The third-order valence-electron chi connectivity index (χ3n) is 10.5. The molecule has 2 heterocycles. The summed E-state index contributed by atoms with van der Waals surface area (Å²) < 4.78 is 23.0. The van der Waals surface area contributed by atoms with Crippen LogP contribution in [0.5, 0.6) is 0 Å². The highest BCUT2D eigenvalue weighted by Gasteiger charge is 2.60. The van der Waals surface area contributed by atoms with Crippen LogP contribution in [0.4, 0.5) is 4.39 Å². The van der Waals surface area contributed by atoms with Gasteiger partial charge in [0.25, 0.3) is 5.91 Å². The van der Waals surface area contributed by atoms with E-state index in [0.29, 0.717) is 18.4 Å². The lowest BCUT2D eigenvalue weighted by atomic mass is 9.64. The fraction of sp³-hybridized carbons (Fsp3) is 0.875. The average molecular weight is 576 g/mol. The topological polar surface area (TPSA) is 77.2 Å². The molecule has 9 atom stereocenters. The largest absolute Gasteiger partial charge is 0.369 e. The first kappa shape index (κ1) is 30.9. The van der Waals surface area contributed by atoms with Gasteiger partial charge < -0.3 is 30.1 Å². The Morgan fingerprint density at radius 1 is 0.976 bits per heavy atom. The third kappa shape index (κ3) is 6.84. The monoisotopic (exact) mass is 575 g/mol. The van der Waals surface area contributed by atoms with Gasteiger partial charge in [-0.2, -0.15) is 0 Å². The third-order valence-corrected chi connectivity index (χ3v) is 10.5. The Labute approximate surface area is 246 Å². The molecule has 0 aromatic carbocycles. The molecular weight excluding hydrogens is 521 g/mol. The van der Waals surface area contributed by atoms with Crippen LogP contribution in [-0.2, 0) is 14.3 Å². The van der Waals surface area contributed by atoms with E-state index in [1.807, 2.05) is 20.3 Å². The molecule has 9 unspecified atom stereocenters. The second-order valence-electron chi connectivity index (χ2n) is 13.9. The molecular formula is C32H54FN5O3. The van der Waals surface area contributed by atoms with E-state index in [2.05, 4.69) is 39.4 Å². The number of ketones is 1. The number of hydrogen-bond donors (Lipinski definition) is 2. The van der Waals surface area contributed by atoms with Crippen molar-refractivity contribution >= 4 is 11.7 Å². The van der Waals surface area contributed by atoms with Gasteiger partial charge in [0.2, 0.25) is 0 Å².